The van der Waals surface area contributed by atoms with Crippen molar-refractivity contribution in [2.24, 2.45) is 0 Å². The molecule has 0 aromatic heterocycles. The Kier molecular flexibility index (Phi) is 2.67. The van der Waals surface area contributed by atoms with Crippen molar-refractivity contribution in [2.45, 2.75) is 39.7 Å². The molecule has 0 fully saturated rings. The van der Waals surface area contributed by atoms with Crippen LogP contribution in [-0.4, -0.2) is 0 Å². The van der Waals surface area contributed by atoms with Gasteiger partial charge in [0.15, 0.2) is 0 Å². The van der Waals surface area contributed by atoms with Crippen molar-refractivity contribution in [2.75, 3.05) is 0 Å². The lowest BCUT2D eigenvalue weighted by molar-refractivity contribution is 0.301. The third-order valence-electron chi connectivity index (χ3n) is 3.89. The van der Waals surface area contributed by atoms with Gasteiger partial charge in [0.05, 0.1) is 0 Å². The van der Waals surface area contributed by atoms with E-state index in [0.29, 0.717) is 6.61 Å². The van der Waals surface area contributed by atoms with Gasteiger partial charge in [-0.1, -0.05) is 51.1 Å². The number of hydrogen-bond donors (Lipinski definition) is 0. The summed E-state index contributed by atoms with van der Waals surface area (Å²) in [5.74, 6) is 1.00. The van der Waals surface area contributed by atoms with Crippen molar-refractivity contribution in [1.29, 1.82) is 0 Å². The molecule has 2 aromatic rings. The van der Waals surface area contributed by atoms with Crippen LogP contribution in [0.1, 0.15) is 37.5 Å². The standard InChI is InChI=1S/C18H20O/c1-12-9-13(18(2,3)4)10-15-14-7-5-6-8-17(14)19-11-16(12)15/h5-10H,11H2,1-4H3. The van der Waals surface area contributed by atoms with E-state index in [1.54, 1.807) is 0 Å². The lowest BCUT2D eigenvalue weighted by Crippen LogP contribution is -2.14. The van der Waals surface area contributed by atoms with Crippen LogP contribution in [0.5, 0.6) is 5.75 Å². The van der Waals surface area contributed by atoms with Gasteiger partial charge in [-0.05, 0) is 35.1 Å². The molecule has 0 aliphatic carbocycles. The molecular weight excluding hydrogens is 232 g/mol. The first-order chi connectivity index (χ1) is 8.97. The van der Waals surface area contributed by atoms with Crippen molar-refractivity contribution in [3.8, 4) is 16.9 Å². The molecule has 1 heterocycles. The van der Waals surface area contributed by atoms with Crippen molar-refractivity contribution in [3.05, 3.63) is 53.1 Å². The van der Waals surface area contributed by atoms with Gasteiger partial charge in [-0.25, -0.2) is 0 Å². The minimum absolute atomic E-state index is 0.174. The largest absolute Gasteiger partial charge is 0.488 e. The second kappa shape index (κ2) is 4.12. The summed E-state index contributed by atoms with van der Waals surface area (Å²) in [5, 5.41) is 0. The van der Waals surface area contributed by atoms with E-state index in [1.165, 1.54) is 27.8 Å². The Labute approximate surface area is 115 Å². The minimum atomic E-state index is 0.174. The monoisotopic (exact) mass is 252 g/mol. The average Bonchev–Trinajstić information content (AvgIpc) is 2.37. The number of fused-ring (bicyclic) bond motifs is 3. The van der Waals surface area contributed by atoms with Crippen LogP contribution in [-0.2, 0) is 12.0 Å². The molecule has 0 amide bonds. The molecular formula is C18H20O. The van der Waals surface area contributed by atoms with Crippen LogP contribution in [0.4, 0.5) is 0 Å². The van der Waals surface area contributed by atoms with E-state index in [9.17, 15) is 0 Å². The summed E-state index contributed by atoms with van der Waals surface area (Å²) >= 11 is 0. The van der Waals surface area contributed by atoms with Crippen LogP contribution in [0.3, 0.4) is 0 Å². The first kappa shape index (κ1) is 12.3. The molecule has 1 aliphatic rings. The van der Waals surface area contributed by atoms with Crippen LogP contribution in [0.2, 0.25) is 0 Å². The zero-order valence-corrected chi connectivity index (χ0v) is 12.1. The van der Waals surface area contributed by atoms with Gasteiger partial charge in [-0.2, -0.15) is 0 Å². The third kappa shape index (κ3) is 2.03. The zero-order chi connectivity index (χ0) is 13.6. The first-order valence-electron chi connectivity index (χ1n) is 6.83. The Morgan fingerprint density at radius 2 is 1.74 bits per heavy atom. The highest BCUT2D eigenvalue weighted by Gasteiger charge is 2.22. The fourth-order valence-electron chi connectivity index (χ4n) is 2.65. The van der Waals surface area contributed by atoms with Gasteiger partial charge in [-0.15, -0.1) is 0 Å². The van der Waals surface area contributed by atoms with Crippen LogP contribution < -0.4 is 4.74 Å². The second-order valence-electron chi connectivity index (χ2n) is 6.35. The van der Waals surface area contributed by atoms with Crippen molar-refractivity contribution >= 4 is 0 Å². The third-order valence-corrected chi connectivity index (χ3v) is 3.89. The van der Waals surface area contributed by atoms with Gasteiger partial charge < -0.3 is 4.74 Å². The first-order valence-corrected chi connectivity index (χ1v) is 6.83. The molecule has 3 rings (SSSR count). The highest BCUT2D eigenvalue weighted by Crippen LogP contribution is 2.40. The fourth-order valence-corrected chi connectivity index (χ4v) is 2.65. The molecule has 0 saturated carbocycles. The van der Waals surface area contributed by atoms with E-state index < -0.39 is 0 Å². The molecule has 0 N–H and O–H groups in total. The molecule has 98 valence electrons. The molecule has 0 radical (unpaired) electrons. The van der Waals surface area contributed by atoms with Crippen LogP contribution >= 0.6 is 0 Å². The summed E-state index contributed by atoms with van der Waals surface area (Å²) in [5.41, 5.74) is 6.78. The van der Waals surface area contributed by atoms with Gasteiger partial charge in [0.1, 0.15) is 12.4 Å². The molecule has 0 saturated heterocycles. The van der Waals surface area contributed by atoms with E-state index in [2.05, 4.69) is 58.0 Å². The van der Waals surface area contributed by atoms with E-state index in [1.807, 2.05) is 6.07 Å². The van der Waals surface area contributed by atoms with E-state index in [-0.39, 0.29) is 5.41 Å². The maximum absolute atomic E-state index is 5.86. The summed E-state index contributed by atoms with van der Waals surface area (Å²) < 4.78 is 5.86. The number of ether oxygens (including phenoxy) is 1. The SMILES string of the molecule is Cc1cc(C(C)(C)C)cc2c1COc1ccccc1-2. The molecule has 0 bridgehead atoms. The summed E-state index contributed by atoms with van der Waals surface area (Å²) in [6.45, 7) is 9.66. The van der Waals surface area contributed by atoms with Crippen LogP contribution in [0.25, 0.3) is 11.1 Å². The van der Waals surface area contributed by atoms with Gasteiger partial charge in [0, 0.05) is 11.1 Å². The van der Waals surface area contributed by atoms with E-state index >= 15 is 0 Å². The van der Waals surface area contributed by atoms with Crippen molar-refractivity contribution in [1.82, 2.24) is 0 Å². The van der Waals surface area contributed by atoms with Crippen molar-refractivity contribution < 1.29 is 4.74 Å². The Bertz CT molecular complexity index is 633. The lowest BCUT2D eigenvalue weighted by Gasteiger charge is -2.27. The molecule has 1 heteroatoms. The van der Waals surface area contributed by atoms with Gasteiger partial charge in [0.25, 0.3) is 0 Å². The maximum Gasteiger partial charge on any atom is 0.127 e. The smallest absolute Gasteiger partial charge is 0.127 e. The summed E-state index contributed by atoms with van der Waals surface area (Å²) in [6.07, 6.45) is 0. The Balaban J connectivity index is 2.26. The summed E-state index contributed by atoms with van der Waals surface area (Å²) in [6, 6.07) is 13.0. The molecule has 1 nitrogen and oxygen atoms in total. The van der Waals surface area contributed by atoms with Crippen LogP contribution in [0, 0.1) is 6.92 Å². The summed E-state index contributed by atoms with van der Waals surface area (Å²) in [7, 11) is 0. The van der Waals surface area contributed by atoms with E-state index in [4.69, 9.17) is 4.74 Å². The highest BCUT2D eigenvalue weighted by molar-refractivity contribution is 5.76. The zero-order valence-electron chi connectivity index (χ0n) is 12.1. The predicted octanol–water partition coefficient (Wildman–Crippen LogP) is 4.85. The Morgan fingerprint density at radius 1 is 1.00 bits per heavy atom. The molecule has 0 unspecified atom stereocenters. The molecule has 19 heavy (non-hydrogen) atoms. The van der Waals surface area contributed by atoms with E-state index in [0.717, 1.165) is 5.75 Å². The summed E-state index contributed by atoms with van der Waals surface area (Å²) in [4.78, 5) is 0. The Hall–Kier alpha value is -1.76. The quantitative estimate of drug-likeness (QED) is 0.651. The lowest BCUT2D eigenvalue weighted by atomic mass is 9.82. The number of para-hydroxylation sites is 1. The number of aryl methyl sites for hydroxylation is 1. The topological polar surface area (TPSA) is 9.23 Å². The Morgan fingerprint density at radius 3 is 2.47 bits per heavy atom. The number of hydrogen-bond acceptors (Lipinski definition) is 1. The minimum Gasteiger partial charge on any atom is -0.488 e. The normalized spacial score (nSPS) is 13.5. The van der Waals surface area contributed by atoms with Gasteiger partial charge in [0.2, 0.25) is 0 Å². The molecule has 1 aliphatic heterocycles. The fraction of sp³-hybridized carbons (Fsp3) is 0.333. The van der Waals surface area contributed by atoms with Gasteiger partial charge in [-0.3, -0.25) is 0 Å². The average molecular weight is 252 g/mol. The van der Waals surface area contributed by atoms with Crippen molar-refractivity contribution in [3.63, 3.8) is 0 Å². The van der Waals surface area contributed by atoms with Crippen LogP contribution in [0.15, 0.2) is 36.4 Å². The number of rotatable bonds is 0. The molecule has 0 atom stereocenters. The highest BCUT2D eigenvalue weighted by atomic mass is 16.5. The molecule has 2 aromatic carbocycles. The second-order valence-corrected chi connectivity index (χ2v) is 6.35. The van der Waals surface area contributed by atoms with Gasteiger partial charge >= 0.3 is 0 Å². The predicted molar refractivity (Wildman–Crippen MR) is 79.6 cm³/mol. The maximum atomic E-state index is 5.86. The molecule has 0 spiro atoms. The number of benzene rings is 2.